The van der Waals surface area contributed by atoms with Gasteiger partial charge in [0.15, 0.2) is 0 Å². The minimum atomic E-state index is -0.766. The molecule has 2 aliphatic carbocycles. The quantitative estimate of drug-likeness (QED) is 0.691. The number of rotatable bonds is 2. The van der Waals surface area contributed by atoms with Crippen molar-refractivity contribution in [3.63, 3.8) is 0 Å². The van der Waals surface area contributed by atoms with Gasteiger partial charge in [0.1, 0.15) is 0 Å². The van der Waals surface area contributed by atoms with Crippen LogP contribution in [-0.2, 0) is 4.79 Å². The van der Waals surface area contributed by atoms with Crippen LogP contribution in [0.1, 0.15) is 32.1 Å². The molecule has 1 saturated heterocycles. The third-order valence-electron chi connectivity index (χ3n) is 5.24. The second-order valence-electron chi connectivity index (χ2n) is 6.52. The third kappa shape index (κ3) is 2.37. The first-order valence-corrected chi connectivity index (χ1v) is 7.60. The van der Waals surface area contributed by atoms with E-state index >= 15 is 0 Å². The highest BCUT2D eigenvalue weighted by Gasteiger charge is 2.51. The molecule has 2 bridgehead atoms. The number of carboxylic acid groups (broad SMARTS) is 1. The minimum absolute atomic E-state index is 0.0461. The fraction of sp³-hybridized carbons (Fsp3) is 0.857. The van der Waals surface area contributed by atoms with Crippen LogP contribution >= 0.6 is 0 Å². The Labute approximate surface area is 118 Å². The van der Waals surface area contributed by atoms with Gasteiger partial charge in [-0.05, 0) is 43.9 Å². The zero-order valence-corrected chi connectivity index (χ0v) is 11.6. The number of carbonyl (C=O) groups excluding carboxylic acids is 1. The van der Waals surface area contributed by atoms with Gasteiger partial charge in [-0.15, -0.1) is 0 Å². The van der Waals surface area contributed by atoms with Crippen molar-refractivity contribution < 1.29 is 14.7 Å². The highest BCUT2D eigenvalue weighted by molar-refractivity contribution is 5.77. The van der Waals surface area contributed by atoms with E-state index in [4.69, 9.17) is 5.73 Å². The lowest BCUT2D eigenvalue weighted by atomic mass is 9.84. The fourth-order valence-electron chi connectivity index (χ4n) is 4.28. The molecule has 5 atom stereocenters. The van der Waals surface area contributed by atoms with Crippen LogP contribution < -0.4 is 11.1 Å². The molecule has 0 radical (unpaired) electrons. The number of piperidine rings is 1. The zero-order chi connectivity index (χ0) is 14.3. The fourth-order valence-corrected chi connectivity index (χ4v) is 4.28. The number of urea groups is 1. The van der Waals surface area contributed by atoms with Gasteiger partial charge in [-0.1, -0.05) is 0 Å². The van der Waals surface area contributed by atoms with Crippen molar-refractivity contribution in [2.75, 3.05) is 13.1 Å². The van der Waals surface area contributed by atoms with Gasteiger partial charge in [-0.25, -0.2) is 4.79 Å². The van der Waals surface area contributed by atoms with Crippen molar-refractivity contribution in [2.24, 2.45) is 23.5 Å². The number of aliphatic carboxylic acids is 1. The van der Waals surface area contributed by atoms with E-state index < -0.39 is 11.9 Å². The van der Waals surface area contributed by atoms with Crippen molar-refractivity contribution >= 4 is 12.0 Å². The van der Waals surface area contributed by atoms with Gasteiger partial charge in [0.05, 0.1) is 5.92 Å². The number of carboxylic acids is 1. The van der Waals surface area contributed by atoms with Gasteiger partial charge < -0.3 is 21.1 Å². The Morgan fingerprint density at radius 2 is 1.95 bits per heavy atom. The van der Waals surface area contributed by atoms with Crippen LogP contribution in [0.2, 0.25) is 0 Å². The Balaban J connectivity index is 1.64. The maximum Gasteiger partial charge on any atom is 0.317 e. The van der Waals surface area contributed by atoms with Crippen LogP contribution in [0.25, 0.3) is 0 Å². The molecular weight excluding hydrogens is 258 g/mol. The lowest BCUT2D eigenvalue weighted by Gasteiger charge is -2.34. The Morgan fingerprint density at radius 1 is 1.20 bits per heavy atom. The van der Waals surface area contributed by atoms with Gasteiger partial charge in [0.2, 0.25) is 0 Å². The number of fused-ring (bicyclic) bond motifs is 2. The smallest absolute Gasteiger partial charge is 0.317 e. The highest BCUT2D eigenvalue weighted by Crippen LogP contribution is 2.48. The molecule has 3 fully saturated rings. The summed E-state index contributed by atoms with van der Waals surface area (Å²) in [5.74, 6) is -0.594. The first-order chi connectivity index (χ1) is 9.56. The molecule has 1 aliphatic heterocycles. The Hall–Kier alpha value is -1.30. The number of hydrogen-bond donors (Lipinski definition) is 3. The summed E-state index contributed by atoms with van der Waals surface area (Å²) in [5.41, 5.74) is 5.89. The van der Waals surface area contributed by atoms with Crippen molar-refractivity contribution in [2.45, 2.75) is 44.2 Å². The second-order valence-corrected chi connectivity index (χ2v) is 6.52. The topological polar surface area (TPSA) is 95.7 Å². The number of amides is 2. The number of hydrogen-bond acceptors (Lipinski definition) is 3. The van der Waals surface area contributed by atoms with E-state index in [-0.39, 0.29) is 24.0 Å². The van der Waals surface area contributed by atoms with Crippen molar-refractivity contribution in [1.82, 2.24) is 10.2 Å². The Bertz CT molecular complexity index is 414. The maximum absolute atomic E-state index is 12.3. The van der Waals surface area contributed by atoms with Crippen LogP contribution in [0.4, 0.5) is 4.79 Å². The predicted octanol–water partition coefficient (Wildman–Crippen LogP) is 0.618. The Kier molecular flexibility index (Phi) is 3.58. The molecule has 0 spiro atoms. The molecule has 20 heavy (non-hydrogen) atoms. The van der Waals surface area contributed by atoms with Gasteiger partial charge >= 0.3 is 12.0 Å². The summed E-state index contributed by atoms with van der Waals surface area (Å²) in [5, 5.41) is 12.4. The lowest BCUT2D eigenvalue weighted by molar-refractivity contribution is -0.144. The van der Waals surface area contributed by atoms with Crippen LogP contribution in [-0.4, -0.2) is 47.2 Å². The largest absolute Gasteiger partial charge is 0.481 e. The van der Waals surface area contributed by atoms with E-state index in [1.807, 2.05) is 0 Å². The van der Waals surface area contributed by atoms with Crippen LogP contribution in [0.15, 0.2) is 0 Å². The third-order valence-corrected chi connectivity index (χ3v) is 5.24. The summed E-state index contributed by atoms with van der Waals surface area (Å²) < 4.78 is 0. The summed E-state index contributed by atoms with van der Waals surface area (Å²) in [6.07, 6.45) is 4.85. The number of nitrogens with two attached hydrogens (primary N) is 1. The molecule has 3 aliphatic rings. The molecule has 0 aromatic heterocycles. The molecule has 6 nitrogen and oxygen atoms in total. The first kappa shape index (κ1) is 13.7. The molecule has 2 saturated carbocycles. The van der Waals surface area contributed by atoms with Crippen LogP contribution in [0.3, 0.4) is 0 Å². The summed E-state index contributed by atoms with van der Waals surface area (Å²) in [6, 6.07) is -0.286. The number of likely N-dealkylation sites (tertiary alicyclic amines) is 1. The summed E-state index contributed by atoms with van der Waals surface area (Å²) in [6.45, 7) is 1.29. The minimum Gasteiger partial charge on any atom is -0.481 e. The van der Waals surface area contributed by atoms with Gasteiger partial charge in [-0.3, -0.25) is 4.79 Å². The molecule has 2 amide bonds. The number of nitrogens with one attached hydrogen (secondary N) is 1. The van der Waals surface area contributed by atoms with E-state index in [0.29, 0.717) is 12.5 Å². The molecular formula is C14H23N3O3. The van der Waals surface area contributed by atoms with E-state index in [9.17, 15) is 14.7 Å². The van der Waals surface area contributed by atoms with E-state index in [1.54, 1.807) is 4.90 Å². The first-order valence-electron chi connectivity index (χ1n) is 7.60. The van der Waals surface area contributed by atoms with Gasteiger partial charge in [-0.2, -0.15) is 0 Å². The normalized spacial score (nSPS) is 39.9. The van der Waals surface area contributed by atoms with E-state index in [1.165, 1.54) is 0 Å². The molecule has 1 heterocycles. The van der Waals surface area contributed by atoms with E-state index in [2.05, 4.69) is 5.32 Å². The van der Waals surface area contributed by atoms with Crippen molar-refractivity contribution in [1.29, 1.82) is 0 Å². The monoisotopic (exact) mass is 281 g/mol. The summed E-state index contributed by atoms with van der Waals surface area (Å²) in [7, 11) is 0. The molecule has 0 aromatic rings. The molecule has 3 rings (SSSR count). The zero-order valence-electron chi connectivity index (χ0n) is 11.6. The van der Waals surface area contributed by atoms with Gasteiger partial charge in [0, 0.05) is 25.2 Å². The highest BCUT2D eigenvalue weighted by atomic mass is 16.4. The second kappa shape index (κ2) is 5.24. The molecule has 4 N–H and O–H groups in total. The predicted molar refractivity (Wildman–Crippen MR) is 73.1 cm³/mol. The molecule has 6 heteroatoms. The van der Waals surface area contributed by atoms with Crippen LogP contribution in [0.5, 0.6) is 0 Å². The average molecular weight is 281 g/mol. The summed E-state index contributed by atoms with van der Waals surface area (Å²) in [4.78, 5) is 25.5. The number of carbonyl (C=O) groups is 2. The lowest BCUT2D eigenvalue weighted by Crippen LogP contribution is -2.55. The maximum atomic E-state index is 12.3. The van der Waals surface area contributed by atoms with Crippen molar-refractivity contribution in [3.05, 3.63) is 0 Å². The van der Waals surface area contributed by atoms with Gasteiger partial charge in [0.25, 0.3) is 0 Å². The Morgan fingerprint density at radius 3 is 2.65 bits per heavy atom. The standard InChI is InChI=1S/C14H23N3O3/c15-10-2-1-5-17(7-10)14(20)16-12-9-4-3-8(6-9)11(12)13(18)19/h8-12H,1-7,15H2,(H,16,20)(H,18,19). The number of nitrogens with zero attached hydrogens (tertiary/aromatic N) is 1. The average Bonchev–Trinajstić information content (AvgIpc) is 2.99. The van der Waals surface area contributed by atoms with Crippen molar-refractivity contribution in [3.8, 4) is 0 Å². The molecule has 5 unspecified atom stereocenters. The SMILES string of the molecule is NC1CCCN(C(=O)NC2C3CCC(C3)C2C(=O)O)C1. The van der Waals surface area contributed by atoms with Crippen LogP contribution in [0, 0.1) is 17.8 Å². The molecule has 112 valence electrons. The summed E-state index contributed by atoms with van der Waals surface area (Å²) >= 11 is 0. The van der Waals surface area contributed by atoms with E-state index in [0.717, 1.165) is 38.6 Å². The molecule has 0 aromatic carbocycles.